The Hall–Kier alpha value is -3.39. The maximum Gasteiger partial charge on any atom is 0.316 e. The van der Waals surface area contributed by atoms with Crippen LogP contribution in [0.15, 0.2) is 65.8 Å². The van der Waals surface area contributed by atoms with Gasteiger partial charge in [0, 0.05) is 11.1 Å². The fourth-order valence-corrected chi connectivity index (χ4v) is 3.39. The molecular formula is C20H16N4O3S. The number of benzene rings is 2. The molecule has 2 heterocycles. The second kappa shape index (κ2) is 7.69. The van der Waals surface area contributed by atoms with Crippen molar-refractivity contribution in [2.75, 3.05) is 12.9 Å². The maximum atomic E-state index is 11.4. The fourth-order valence-electron chi connectivity index (χ4n) is 2.74. The molecule has 0 aliphatic carbocycles. The van der Waals surface area contributed by atoms with Crippen molar-refractivity contribution in [3.8, 4) is 28.3 Å². The molecule has 0 atom stereocenters. The minimum Gasteiger partial charge on any atom is -0.507 e. The van der Waals surface area contributed by atoms with E-state index in [9.17, 15) is 9.90 Å². The lowest BCUT2D eigenvalue weighted by atomic mass is 10.1. The van der Waals surface area contributed by atoms with Crippen LogP contribution in [0.3, 0.4) is 0 Å². The van der Waals surface area contributed by atoms with E-state index in [-0.39, 0.29) is 17.5 Å². The minimum absolute atomic E-state index is 0.111. The highest BCUT2D eigenvalue weighted by molar-refractivity contribution is 7.99. The SMILES string of the molecule is COC(=O)CSc1nc2nc(-c3ccccc3O)cc(-c3ccccc3)n2n1. The zero-order chi connectivity index (χ0) is 19.5. The van der Waals surface area contributed by atoms with Crippen LogP contribution in [0.4, 0.5) is 0 Å². The van der Waals surface area contributed by atoms with Crippen LogP contribution in [0.25, 0.3) is 28.3 Å². The number of nitrogens with zero attached hydrogens (tertiary/aromatic N) is 4. The molecule has 0 aliphatic heterocycles. The number of fused-ring (bicyclic) bond motifs is 1. The van der Waals surface area contributed by atoms with Gasteiger partial charge in [-0.1, -0.05) is 54.2 Å². The maximum absolute atomic E-state index is 11.4. The number of para-hydroxylation sites is 1. The molecule has 0 aliphatic rings. The molecular weight excluding hydrogens is 376 g/mol. The van der Waals surface area contributed by atoms with Gasteiger partial charge in [0.1, 0.15) is 5.75 Å². The number of thioether (sulfide) groups is 1. The van der Waals surface area contributed by atoms with Gasteiger partial charge in [-0.2, -0.15) is 9.50 Å². The normalized spacial score (nSPS) is 10.9. The molecule has 28 heavy (non-hydrogen) atoms. The van der Waals surface area contributed by atoms with Crippen molar-refractivity contribution in [2.24, 2.45) is 0 Å². The van der Waals surface area contributed by atoms with Crippen molar-refractivity contribution in [1.29, 1.82) is 0 Å². The van der Waals surface area contributed by atoms with Crippen molar-refractivity contribution in [3.05, 3.63) is 60.7 Å². The van der Waals surface area contributed by atoms with E-state index in [2.05, 4.69) is 19.8 Å². The monoisotopic (exact) mass is 392 g/mol. The predicted octanol–water partition coefficient (Wildman–Crippen LogP) is 3.43. The van der Waals surface area contributed by atoms with E-state index in [0.29, 0.717) is 22.2 Å². The highest BCUT2D eigenvalue weighted by Crippen LogP contribution is 2.31. The summed E-state index contributed by atoms with van der Waals surface area (Å²) in [5.41, 5.74) is 2.90. The number of hydrogen-bond donors (Lipinski definition) is 1. The van der Waals surface area contributed by atoms with Gasteiger partial charge in [0.25, 0.3) is 5.78 Å². The standard InChI is InChI=1S/C20H16N4O3S/c1-27-18(26)12-28-20-22-19-21-15(14-9-5-6-10-17(14)25)11-16(24(19)23-20)13-7-3-2-4-8-13/h2-11,25H,12H2,1H3. The van der Waals surface area contributed by atoms with Gasteiger partial charge in [-0.3, -0.25) is 4.79 Å². The molecule has 0 spiro atoms. The van der Waals surface area contributed by atoms with Crippen molar-refractivity contribution in [3.63, 3.8) is 0 Å². The van der Waals surface area contributed by atoms with E-state index in [0.717, 1.165) is 11.3 Å². The first-order valence-corrected chi connectivity index (χ1v) is 9.45. The summed E-state index contributed by atoms with van der Waals surface area (Å²) in [6.07, 6.45) is 0. The van der Waals surface area contributed by atoms with Gasteiger partial charge in [0.2, 0.25) is 5.16 Å². The van der Waals surface area contributed by atoms with Gasteiger partial charge in [-0.25, -0.2) is 4.98 Å². The molecule has 0 radical (unpaired) electrons. The number of phenolic OH excluding ortho intramolecular Hbond substituents is 1. The van der Waals surface area contributed by atoms with Gasteiger partial charge >= 0.3 is 5.97 Å². The molecule has 0 saturated carbocycles. The molecule has 140 valence electrons. The second-order valence-electron chi connectivity index (χ2n) is 5.88. The Labute approximate surface area is 165 Å². The van der Waals surface area contributed by atoms with Crippen molar-refractivity contribution >= 4 is 23.5 Å². The summed E-state index contributed by atoms with van der Waals surface area (Å²) in [4.78, 5) is 20.4. The summed E-state index contributed by atoms with van der Waals surface area (Å²) in [5, 5.41) is 15.1. The third kappa shape index (κ3) is 3.54. The first-order chi connectivity index (χ1) is 13.7. The minimum atomic E-state index is -0.352. The Morgan fingerprint density at radius 1 is 1.11 bits per heavy atom. The van der Waals surface area contributed by atoms with E-state index in [1.165, 1.54) is 18.9 Å². The molecule has 2 aromatic heterocycles. The first kappa shape index (κ1) is 18.0. The number of rotatable bonds is 5. The molecule has 4 rings (SSSR count). The Kier molecular flexibility index (Phi) is 4.94. The van der Waals surface area contributed by atoms with Crippen LogP contribution in [0.1, 0.15) is 0 Å². The van der Waals surface area contributed by atoms with Crippen LogP contribution in [0.2, 0.25) is 0 Å². The topological polar surface area (TPSA) is 89.6 Å². The van der Waals surface area contributed by atoms with Gasteiger partial charge in [-0.15, -0.1) is 5.10 Å². The number of phenols is 1. The first-order valence-electron chi connectivity index (χ1n) is 8.47. The highest BCUT2D eigenvalue weighted by Gasteiger charge is 2.16. The number of carbonyl (C=O) groups excluding carboxylic acids is 1. The van der Waals surface area contributed by atoms with Crippen molar-refractivity contribution in [1.82, 2.24) is 19.6 Å². The van der Waals surface area contributed by atoms with Gasteiger partial charge < -0.3 is 9.84 Å². The van der Waals surface area contributed by atoms with Crippen molar-refractivity contribution < 1.29 is 14.6 Å². The van der Waals surface area contributed by atoms with E-state index >= 15 is 0 Å². The average Bonchev–Trinajstić information content (AvgIpc) is 3.15. The van der Waals surface area contributed by atoms with Crippen LogP contribution in [0.5, 0.6) is 5.75 Å². The zero-order valence-corrected chi connectivity index (χ0v) is 15.8. The number of aromatic nitrogens is 4. The van der Waals surface area contributed by atoms with E-state index in [1.807, 2.05) is 42.5 Å². The molecule has 0 bridgehead atoms. The highest BCUT2D eigenvalue weighted by atomic mass is 32.2. The van der Waals surface area contributed by atoms with Crippen LogP contribution < -0.4 is 0 Å². The molecule has 4 aromatic rings. The molecule has 7 nitrogen and oxygen atoms in total. The average molecular weight is 392 g/mol. The Bertz CT molecular complexity index is 1140. The van der Waals surface area contributed by atoms with E-state index in [4.69, 9.17) is 0 Å². The third-order valence-corrected chi connectivity index (χ3v) is 4.90. The summed E-state index contributed by atoms with van der Waals surface area (Å²) < 4.78 is 6.30. The second-order valence-corrected chi connectivity index (χ2v) is 6.82. The molecule has 1 N–H and O–H groups in total. The molecule has 8 heteroatoms. The van der Waals surface area contributed by atoms with E-state index in [1.54, 1.807) is 22.7 Å². The largest absolute Gasteiger partial charge is 0.507 e. The summed E-state index contributed by atoms with van der Waals surface area (Å²) >= 11 is 1.18. The summed E-state index contributed by atoms with van der Waals surface area (Å²) in [6.45, 7) is 0. The summed E-state index contributed by atoms with van der Waals surface area (Å²) in [6, 6.07) is 18.6. The van der Waals surface area contributed by atoms with Gasteiger partial charge in [0.15, 0.2) is 0 Å². The Morgan fingerprint density at radius 3 is 2.61 bits per heavy atom. The number of esters is 1. The van der Waals surface area contributed by atoms with Crippen LogP contribution in [-0.4, -0.2) is 43.5 Å². The number of ether oxygens (including phenoxy) is 1. The lowest BCUT2D eigenvalue weighted by Gasteiger charge is -2.08. The summed E-state index contributed by atoms with van der Waals surface area (Å²) in [7, 11) is 1.34. The quantitative estimate of drug-likeness (QED) is 0.411. The number of aromatic hydroxyl groups is 1. The number of carbonyl (C=O) groups is 1. The third-order valence-electron chi connectivity index (χ3n) is 4.09. The number of methoxy groups -OCH3 is 1. The summed E-state index contributed by atoms with van der Waals surface area (Å²) in [5.74, 6) is 0.278. The van der Waals surface area contributed by atoms with E-state index < -0.39 is 0 Å². The smallest absolute Gasteiger partial charge is 0.316 e. The lowest BCUT2D eigenvalue weighted by Crippen LogP contribution is -2.03. The van der Waals surface area contributed by atoms with Gasteiger partial charge in [-0.05, 0) is 18.2 Å². The number of hydrogen-bond acceptors (Lipinski definition) is 7. The molecule has 0 amide bonds. The Morgan fingerprint density at radius 2 is 1.86 bits per heavy atom. The Balaban J connectivity index is 1.86. The zero-order valence-electron chi connectivity index (χ0n) is 14.9. The van der Waals surface area contributed by atoms with Gasteiger partial charge in [0.05, 0.1) is 24.3 Å². The molecule has 0 unspecified atom stereocenters. The fraction of sp³-hybridized carbons (Fsp3) is 0.100. The predicted molar refractivity (Wildman–Crippen MR) is 106 cm³/mol. The molecule has 0 saturated heterocycles. The molecule has 0 fully saturated rings. The lowest BCUT2D eigenvalue weighted by molar-refractivity contribution is -0.137. The van der Waals surface area contributed by atoms with Crippen LogP contribution in [-0.2, 0) is 9.53 Å². The van der Waals surface area contributed by atoms with Crippen LogP contribution >= 0.6 is 11.8 Å². The van der Waals surface area contributed by atoms with Crippen LogP contribution in [0, 0.1) is 0 Å². The molecule has 2 aromatic carbocycles. The van der Waals surface area contributed by atoms with Crippen molar-refractivity contribution in [2.45, 2.75) is 5.16 Å².